The molecule has 2 heterocycles. The molecule has 2 aliphatic rings. The van der Waals surface area contributed by atoms with E-state index in [1.807, 2.05) is 0 Å². The Morgan fingerprint density at radius 3 is 2.81 bits per heavy atom. The summed E-state index contributed by atoms with van der Waals surface area (Å²) in [6, 6.07) is 5.43. The van der Waals surface area contributed by atoms with E-state index in [0.29, 0.717) is 22.3 Å². The number of benzene rings is 1. The summed E-state index contributed by atoms with van der Waals surface area (Å²) in [4.78, 5) is 23.9. The fourth-order valence-electron chi connectivity index (χ4n) is 3.21. The summed E-state index contributed by atoms with van der Waals surface area (Å²) in [7, 11) is 1.32. The van der Waals surface area contributed by atoms with Crippen LogP contribution >= 0.6 is 11.6 Å². The molecule has 0 aromatic heterocycles. The van der Waals surface area contributed by atoms with Crippen molar-refractivity contribution in [2.75, 3.05) is 12.4 Å². The first-order chi connectivity index (χ1) is 10.1. The number of carbonyl (C=O) groups is 2. The van der Waals surface area contributed by atoms with Gasteiger partial charge < -0.3 is 15.4 Å². The van der Waals surface area contributed by atoms with E-state index >= 15 is 0 Å². The van der Waals surface area contributed by atoms with E-state index in [9.17, 15) is 9.59 Å². The quantitative estimate of drug-likeness (QED) is 0.840. The Kier molecular flexibility index (Phi) is 3.87. The highest BCUT2D eigenvalue weighted by molar-refractivity contribution is 6.33. The van der Waals surface area contributed by atoms with Gasteiger partial charge in [0.1, 0.15) is 0 Å². The molecule has 6 heteroatoms. The molecule has 3 unspecified atom stereocenters. The number of amides is 1. The van der Waals surface area contributed by atoms with Gasteiger partial charge in [-0.05, 0) is 37.5 Å². The minimum atomic E-state index is -0.455. The van der Waals surface area contributed by atoms with Crippen molar-refractivity contribution in [2.45, 2.75) is 31.3 Å². The van der Waals surface area contributed by atoms with Gasteiger partial charge in [0.15, 0.2) is 0 Å². The molecule has 2 N–H and O–H groups in total. The number of carbonyl (C=O) groups excluding carboxylic acids is 2. The van der Waals surface area contributed by atoms with Crippen molar-refractivity contribution in [2.24, 2.45) is 5.92 Å². The predicted molar refractivity (Wildman–Crippen MR) is 79.5 cm³/mol. The zero-order valence-corrected chi connectivity index (χ0v) is 12.4. The van der Waals surface area contributed by atoms with Gasteiger partial charge in [-0.2, -0.15) is 0 Å². The zero-order valence-electron chi connectivity index (χ0n) is 11.7. The average Bonchev–Trinajstić information content (AvgIpc) is 3.11. The molecule has 0 radical (unpaired) electrons. The van der Waals surface area contributed by atoms with Crippen molar-refractivity contribution in [3.63, 3.8) is 0 Å². The second-order valence-corrected chi connectivity index (χ2v) is 5.97. The van der Waals surface area contributed by atoms with Gasteiger partial charge in [0.05, 0.1) is 29.3 Å². The predicted octanol–water partition coefficient (Wildman–Crippen LogP) is 2.21. The molecule has 0 spiro atoms. The van der Waals surface area contributed by atoms with Gasteiger partial charge in [-0.15, -0.1) is 0 Å². The summed E-state index contributed by atoms with van der Waals surface area (Å²) in [6.07, 6.45) is 3.05. The molecule has 2 saturated heterocycles. The molecule has 0 aliphatic carbocycles. The van der Waals surface area contributed by atoms with Gasteiger partial charge in [-0.3, -0.25) is 4.79 Å². The first kappa shape index (κ1) is 14.4. The lowest BCUT2D eigenvalue weighted by Crippen LogP contribution is -2.32. The van der Waals surface area contributed by atoms with Crippen molar-refractivity contribution in [1.29, 1.82) is 0 Å². The van der Waals surface area contributed by atoms with Crippen LogP contribution in [0.25, 0.3) is 0 Å². The van der Waals surface area contributed by atoms with Gasteiger partial charge in [0.2, 0.25) is 5.91 Å². The van der Waals surface area contributed by atoms with Crippen molar-refractivity contribution in [3.8, 4) is 0 Å². The molecule has 112 valence electrons. The summed E-state index contributed by atoms with van der Waals surface area (Å²) in [5, 5.41) is 6.68. The van der Waals surface area contributed by atoms with Gasteiger partial charge in [-0.1, -0.05) is 11.6 Å². The number of anilines is 1. The molecular weight excluding hydrogens is 292 g/mol. The van der Waals surface area contributed by atoms with E-state index in [-0.39, 0.29) is 17.9 Å². The summed E-state index contributed by atoms with van der Waals surface area (Å²) in [5.41, 5.74) is 0.815. The fourth-order valence-corrected chi connectivity index (χ4v) is 3.37. The maximum Gasteiger partial charge on any atom is 0.337 e. The third kappa shape index (κ3) is 2.76. The number of rotatable bonds is 3. The maximum absolute atomic E-state index is 12.4. The van der Waals surface area contributed by atoms with Crippen LogP contribution in [-0.2, 0) is 9.53 Å². The molecule has 5 nitrogen and oxygen atoms in total. The van der Waals surface area contributed by atoms with Gasteiger partial charge in [-0.25, -0.2) is 4.79 Å². The number of hydrogen-bond donors (Lipinski definition) is 2. The molecule has 0 saturated carbocycles. The van der Waals surface area contributed by atoms with E-state index in [4.69, 9.17) is 11.6 Å². The molecule has 2 aliphatic heterocycles. The van der Waals surface area contributed by atoms with E-state index in [1.165, 1.54) is 7.11 Å². The van der Waals surface area contributed by atoms with Crippen LogP contribution in [0, 0.1) is 5.92 Å². The van der Waals surface area contributed by atoms with E-state index in [1.54, 1.807) is 18.2 Å². The zero-order chi connectivity index (χ0) is 15.0. The summed E-state index contributed by atoms with van der Waals surface area (Å²) in [5.74, 6) is -0.524. The van der Waals surface area contributed by atoms with Crippen LogP contribution in [0.1, 0.15) is 29.6 Å². The number of hydrogen-bond acceptors (Lipinski definition) is 4. The number of fused-ring (bicyclic) bond motifs is 2. The van der Waals surface area contributed by atoms with Crippen molar-refractivity contribution in [3.05, 3.63) is 28.8 Å². The standard InChI is InChI=1S/C15H17ClN2O3/c1-21-15(20)8-2-4-11(16)13(6-8)18-14(19)10-7-9-3-5-12(10)17-9/h2,4,6,9-10,12,17H,3,5,7H2,1H3,(H,18,19). The van der Waals surface area contributed by atoms with Gasteiger partial charge in [0.25, 0.3) is 0 Å². The number of methoxy groups -OCH3 is 1. The molecule has 1 aromatic carbocycles. The molecule has 3 atom stereocenters. The largest absolute Gasteiger partial charge is 0.465 e. The molecule has 1 aromatic rings. The maximum atomic E-state index is 12.4. The highest BCUT2D eigenvalue weighted by Gasteiger charge is 2.42. The monoisotopic (exact) mass is 308 g/mol. The Bertz CT molecular complexity index is 590. The van der Waals surface area contributed by atoms with E-state index < -0.39 is 5.97 Å². The molecule has 21 heavy (non-hydrogen) atoms. The summed E-state index contributed by atoms with van der Waals surface area (Å²) in [6.45, 7) is 0. The smallest absolute Gasteiger partial charge is 0.337 e. The lowest BCUT2D eigenvalue weighted by atomic mass is 9.88. The topological polar surface area (TPSA) is 67.4 Å². The lowest BCUT2D eigenvalue weighted by Gasteiger charge is -2.20. The minimum absolute atomic E-state index is 0.0263. The van der Waals surface area contributed by atoms with Crippen molar-refractivity contribution >= 4 is 29.2 Å². The van der Waals surface area contributed by atoms with Crippen LogP contribution in [-0.4, -0.2) is 31.1 Å². The third-order valence-electron chi connectivity index (χ3n) is 4.28. The lowest BCUT2D eigenvalue weighted by molar-refractivity contribution is -0.120. The second-order valence-electron chi connectivity index (χ2n) is 5.57. The molecule has 2 fully saturated rings. The van der Waals surface area contributed by atoms with Crippen molar-refractivity contribution < 1.29 is 14.3 Å². The van der Waals surface area contributed by atoms with Crippen LogP contribution in [0.4, 0.5) is 5.69 Å². The van der Waals surface area contributed by atoms with E-state index in [2.05, 4.69) is 15.4 Å². The molecule has 3 rings (SSSR count). The third-order valence-corrected chi connectivity index (χ3v) is 4.61. The Hall–Kier alpha value is -1.59. The summed E-state index contributed by atoms with van der Waals surface area (Å²) < 4.78 is 4.67. The van der Waals surface area contributed by atoms with Crippen molar-refractivity contribution in [1.82, 2.24) is 5.32 Å². The Balaban J connectivity index is 1.75. The Morgan fingerprint density at radius 2 is 2.19 bits per heavy atom. The van der Waals surface area contributed by atoms with Gasteiger partial charge in [0, 0.05) is 12.1 Å². The molecule has 2 bridgehead atoms. The normalized spacial score (nSPS) is 26.7. The second kappa shape index (κ2) is 5.66. The van der Waals surface area contributed by atoms with Crippen LogP contribution in [0.2, 0.25) is 5.02 Å². The Labute approximate surface area is 128 Å². The van der Waals surface area contributed by atoms with Crippen LogP contribution in [0.3, 0.4) is 0 Å². The van der Waals surface area contributed by atoms with Gasteiger partial charge >= 0.3 is 5.97 Å². The van der Waals surface area contributed by atoms with Crippen LogP contribution < -0.4 is 10.6 Å². The molecule has 1 amide bonds. The fraction of sp³-hybridized carbons (Fsp3) is 0.467. The number of nitrogens with one attached hydrogen (secondary N) is 2. The minimum Gasteiger partial charge on any atom is -0.465 e. The number of ether oxygens (including phenoxy) is 1. The average molecular weight is 309 g/mol. The number of halogens is 1. The Morgan fingerprint density at radius 1 is 1.38 bits per heavy atom. The SMILES string of the molecule is COC(=O)c1ccc(Cl)c(NC(=O)C2CC3CCC2N3)c1. The van der Waals surface area contributed by atoms with Crippen LogP contribution in [0.15, 0.2) is 18.2 Å². The van der Waals surface area contributed by atoms with Crippen LogP contribution in [0.5, 0.6) is 0 Å². The molecular formula is C15H17ClN2O3. The first-order valence-electron chi connectivity index (χ1n) is 7.03. The summed E-state index contributed by atoms with van der Waals surface area (Å²) >= 11 is 6.09. The number of esters is 1. The highest BCUT2D eigenvalue weighted by Crippen LogP contribution is 2.34. The first-order valence-corrected chi connectivity index (χ1v) is 7.41. The van der Waals surface area contributed by atoms with E-state index in [0.717, 1.165) is 19.3 Å². The highest BCUT2D eigenvalue weighted by atomic mass is 35.5.